The van der Waals surface area contributed by atoms with Crippen LogP contribution in [0.15, 0.2) is 48.5 Å². The molecule has 9 heteroatoms. The van der Waals surface area contributed by atoms with E-state index in [1.54, 1.807) is 31.2 Å². The summed E-state index contributed by atoms with van der Waals surface area (Å²) < 4.78 is 10.7. The smallest absolute Gasteiger partial charge is 0.341 e. The number of benzene rings is 2. The lowest BCUT2D eigenvalue weighted by molar-refractivity contribution is -0.384. The number of amides is 1. The number of aryl methyl sites for hydroxylation is 2. The third-order valence-electron chi connectivity index (χ3n) is 4.57. The van der Waals surface area contributed by atoms with Crippen molar-refractivity contribution in [3.63, 3.8) is 0 Å². The Kier molecular flexibility index (Phi) is 7.21. The lowest BCUT2D eigenvalue weighted by atomic mass is 10.0. The third-order valence-corrected chi connectivity index (χ3v) is 5.60. The van der Waals surface area contributed by atoms with E-state index < -0.39 is 16.8 Å². The van der Waals surface area contributed by atoms with Gasteiger partial charge in [0.1, 0.15) is 16.3 Å². The third kappa shape index (κ3) is 5.30. The Hall–Kier alpha value is -3.72. The minimum atomic E-state index is -0.583. The van der Waals surface area contributed by atoms with E-state index in [4.69, 9.17) is 9.47 Å². The molecule has 0 unspecified atom stereocenters. The molecule has 0 bridgehead atoms. The summed E-state index contributed by atoms with van der Waals surface area (Å²) in [5.74, 6) is -0.446. The summed E-state index contributed by atoms with van der Waals surface area (Å²) in [6, 6.07) is 13.2. The molecule has 32 heavy (non-hydrogen) atoms. The van der Waals surface area contributed by atoms with Crippen molar-refractivity contribution in [2.24, 2.45) is 0 Å². The Balaban J connectivity index is 1.87. The van der Waals surface area contributed by atoms with Crippen LogP contribution in [-0.2, 0) is 9.53 Å². The Bertz CT molecular complexity index is 1140. The van der Waals surface area contributed by atoms with Gasteiger partial charge in [0, 0.05) is 22.6 Å². The molecule has 0 aliphatic carbocycles. The average molecular weight is 455 g/mol. The molecule has 1 amide bonds. The van der Waals surface area contributed by atoms with Gasteiger partial charge in [-0.1, -0.05) is 17.7 Å². The number of ether oxygens (including phenoxy) is 2. The fourth-order valence-corrected chi connectivity index (χ4v) is 4.15. The van der Waals surface area contributed by atoms with Gasteiger partial charge in [-0.3, -0.25) is 14.9 Å². The highest BCUT2D eigenvalue weighted by molar-refractivity contribution is 7.17. The highest BCUT2D eigenvalue weighted by Gasteiger charge is 2.26. The molecule has 0 radical (unpaired) electrons. The zero-order valence-electron chi connectivity index (χ0n) is 17.8. The molecule has 1 aromatic heterocycles. The van der Waals surface area contributed by atoms with Crippen molar-refractivity contribution in [2.75, 3.05) is 18.5 Å². The van der Waals surface area contributed by atoms with Gasteiger partial charge < -0.3 is 14.8 Å². The van der Waals surface area contributed by atoms with Crippen molar-refractivity contribution in [3.8, 4) is 16.9 Å². The van der Waals surface area contributed by atoms with Crippen LogP contribution in [-0.4, -0.2) is 30.0 Å². The zero-order chi connectivity index (χ0) is 23.3. The van der Waals surface area contributed by atoms with Gasteiger partial charge in [0.05, 0.1) is 11.5 Å². The molecule has 1 heterocycles. The number of thiophene rings is 1. The van der Waals surface area contributed by atoms with E-state index in [1.807, 2.05) is 26.0 Å². The Morgan fingerprint density at radius 3 is 2.31 bits per heavy atom. The molecule has 166 valence electrons. The molecule has 0 aliphatic rings. The number of hydrogen-bond donors (Lipinski definition) is 1. The van der Waals surface area contributed by atoms with Gasteiger partial charge in [-0.2, -0.15) is 0 Å². The molecule has 2 aromatic carbocycles. The minimum absolute atomic E-state index is 0.0545. The molecule has 0 saturated carbocycles. The number of hydrogen-bond acceptors (Lipinski definition) is 7. The number of carbonyl (C=O) groups is 2. The van der Waals surface area contributed by atoms with Crippen LogP contribution in [0.2, 0.25) is 0 Å². The van der Waals surface area contributed by atoms with Gasteiger partial charge >= 0.3 is 5.97 Å². The zero-order valence-corrected chi connectivity index (χ0v) is 18.7. The van der Waals surface area contributed by atoms with Crippen LogP contribution in [0.5, 0.6) is 5.75 Å². The van der Waals surface area contributed by atoms with Crippen molar-refractivity contribution in [3.05, 3.63) is 74.6 Å². The number of nitro groups is 1. The molecule has 0 spiro atoms. The van der Waals surface area contributed by atoms with Crippen molar-refractivity contribution in [2.45, 2.75) is 20.8 Å². The number of non-ortho nitro benzene ring substituents is 1. The molecule has 3 rings (SSSR count). The Labute approximate surface area is 188 Å². The number of nitro benzene ring substituents is 1. The van der Waals surface area contributed by atoms with Gasteiger partial charge in [0.2, 0.25) is 0 Å². The predicted molar refractivity (Wildman–Crippen MR) is 122 cm³/mol. The lowest BCUT2D eigenvalue weighted by Crippen LogP contribution is -2.21. The van der Waals surface area contributed by atoms with Crippen molar-refractivity contribution in [1.29, 1.82) is 0 Å². The SMILES string of the molecule is CCOC(=O)c1c(NC(=O)COc2ccc(C)cc2)sc(C)c1-c1ccc([N+](=O)[O-])cc1. The number of nitrogens with one attached hydrogen (secondary N) is 1. The first-order valence-electron chi connectivity index (χ1n) is 9.84. The minimum Gasteiger partial charge on any atom is -0.484 e. The van der Waals surface area contributed by atoms with E-state index >= 15 is 0 Å². The van der Waals surface area contributed by atoms with Gasteiger partial charge in [-0.25, -0.2) is 4.79 Å². The predicted octanol–water partition coefficient (Wildman–Crippen LogP) is 5.13. The normalized spacial score (nSPS) is 10.5. The average Bonchev–Trinajstić information content (AvgIpc) is 3.09. The maximum Gasteiger partial charge on any atom is 0.341 e. The molecular weight excluding hydrogens is 432 g/mol. The molecule has 8 nitrogen and oxygen atoms in total. The van der Waals surface area contributed by atoms with Crippen LogP contribution in [0.1, 0.15) is 27.7 Å². The molecule has 3 aromatic rings. The summed E-state index contributed by atoms with van der Waals surface area (Å²) in [7, 11) is 0. The molecule has 0 saturated heterocycles. The van der Waals surface area contributed by atoms with Crippen LogP contribution < -0.4 is 10.1 Å². The fourth-order valence-electron chi connectivity index (χ4n) is 3.07. The largest absolute Gasteiger partial charge is 0.484 e. The van der Waals surface area contributed by atoms with E-state index in [-0.39, 0.29) is 24.5 Å². The van der Waals surface area contributed by atoms with Crippen molar-refractivity contribution < 1.29 is 24.0 Å². The van der Waals surface area contributed by atoms with Crippen LogP contribution >= 0.6 is 11.3 Å². The van der Waals surface area contributed by atoms with Crippen LogP contribution in [0.25, 0.3) is 11.1 Å². The maximum absolute atomic E-state index is 12.7. The van der Waals surface area contributed by atoms with E-state index in [9.17, 15) is 19.7 Å². The van der Waals surface area contributed by atoms with E-state index in [0.717, 1.165) is 10.4 Å². The molecule has 0 fully saturated rings. The molecule has 0 atom stereocenters. The number of anilines is 1. The summed E-state index contributed by atoms with van der Waals surface area (Å²) in [6.45, 7) is 5.39. The summed E-state index contributed by atoms with van der Waals surface area (Å²) in [6.07, 6.45) is 0. The van der Waals surface area contributed by atoms with Gasteiger partial charge in [-0.05, 0) is 50.6 Å². The Morgan fingerprint density at radius 1 is 1.06 bits per heavy atom. The molecule has 0 aliphatic heterocycles. The second-order valence-corrected chi connectivity index (χ2v) is 8.14. The maximum atomic E-state index is 12.7. The highest BCUT2D eigenvalue weighted by atomic mass is 32.1. The first kappa shape index (κ1) is 23.0. The van der Waals surface area contributed by atoms with E-state index in [1.165, 1.54) is 23.5 Å². The lowest BCUT2D eigenvalue weighted by Gasteiger charge is -2.10. The fraction of sp³-hybridized carbons (Fsp3) is 0.217. The van der Waals surface area contributed by atoms with Gasteiger partial charge in [-0.15, -0.1) is 11.3 Å². The van der Waals surface area contributed by atoms with Gasteiger partial charge in [0.25, 0.3) is 11.6 Å². The summed E-state index contributed by atoms with van der Waals surface area (Å²) in [4.78, 5) is 36.5. The number of nitrogens with zero attached hydrogens (tertiary/aromatic N) is 1. The van der Waals surface area contributed by atoms with E-state index in [0.29, 0.717) is 21.9 Å². The van der Waals surface area contributed by atoms with Gasteiger partial charge in [0.15, 0.2) is 6.61 Å². The van der Waals surface area contributed by atoms with Crippen molar-refractivity contribution >= 4 is 33.9 Å². The summed E-state index contributed by atoms with van der Waals surface area (Å²) in [5, 5.41) is 14.0. The van der Waals surface area contributed by atoms with Crippen LogP contribution in [0.3, 0.4) is 0 Å². The summed E-state index contributed by atoms with van der Waals surface area (Å²) in [5.41, 5.74) is 2.42. The van der Waals surface area contributed by atoms with Crippen LogP contribution in [0.4, 0.5) is 10.7 Å². The number of carbonyl (C=O) groups excluding carboxylic acids is 2. The van der Waals surface area contributed by atoms with E-state index in [2.05, 4.69) is 5.32 Å². The first-order valence-corrected chi connectivity index (χ1v) is 10.7. The Morgan fingerprint density at radius 2 is 1.72 bits per heavy atom. The highest BCUT2D eigenvalue weighted by Crippen LogP contribution is 2.40. The standard InChI is InChI=1S/C23H22N2O6S/c1-4-30-23(27)21-20(16-7-9-17(10-8-16)25(28)29)15(3)32-22(21)24-19(26)13-31-18-11-5-14(2)6-12-18/h5-12H,4,13H2,1-3H3,(H,24,26). The quantitative estimate of drug-likeness (QED) is 0.287. The summed E-state index contributed by atoms with van der Waals surface area (Å²) >= 11 is 1.23. The number of rotatable bonds is 8. The molecular formula is C23H22N2O6S. The van der Waals surface area contributed by atoms with Crippen LogP contribution in [0, 0.1) is 24.0 Å². The first-order chi connectivity index (χ1) is 15.3. The second kappa shape index (κ2) is 10.1. The monoisotopic (exact) mass is 454 g/mol. The molecule has 1 N–H and O–H groups in total. The van der Waals surface area contributed by atoms with Crippen molar-refractivity contribution in [1.82, 2.24) is 0 Å². The number of esters is 1. The topological polar surface area (TPSA) is 108 Å². The second-order valence-electron chi connectivity index (χ2n) is 6.91.